The van der Waals surface area contributed by atoms with E-state index < -0.39 is 32.2 Å². The maximum absolute atomic E-state index is 13.4. The highest BCUT2D eigenvalue weighted by atomic mass is 32.2. The van der Waals surface area contributed by atoms with Crippen molar-refractivity contribution in [3.63, 3.8) is 0 Å². The molecule has 2 aromatic rings. The van der Waals surface area contributed by atoms with E-state index in [2.05, 4.69) is 0 Å². The van der Waals surface area contributed by atoms with E-state index >= 15 is 0 Å². The minimum atomic E-state index is -4.33. The molecular weight excluding hydrogens is 265 g/mol. The van der Waals surface area contributed by atoms with Crippen molar-refractivity contribution in [3.05, 3.63) is 59.9 Å². The van der Waals surface area contributed by atoms with Crippen LogP contribution in [0.15, 0.2) is 52.3 Å². The Morgan fingerprint density at radius 1 is 0.778 bits per heavy atom. The molecule has 0 fully saturated rings. The zero-order chi connectivity index (χ0) is 13.3. The minimum Gasteiger partial charge on any atom is -0.218 e. The van der Waals surface area contributed by atoms with Crippen molar-refractivity contribution in [1.82, 2.24) is 0 Å². The minimum absolute atomic E-state index is 0.368. The number of hydrogen-bond acceptors (Lipinski definition) is 2. The Kier molecular flexibility index (Phi) is 3.13. The van der Waals surface area contributed by atoms with Crippen LogP contribution in [0.5, 0.6) is 0 Å². The number of halogens is 3. The predicted octanol–water partition coefficient (Wildman–Crippen LogP) is 2.94. The molecule has 0 aliphatic carbocycles. The maximum Gasteiger partial charge on any atom is 0.212 e. The standard InChI is InChI=1S/C12H7F3O2S/c13-8-4-6-9(7-5-8)18(16,17)12-10(14)2-1-3-11(12)15/h1-7H. The fourth-order valence-electron chi connectivity index (χ4n) is 1.47. The van der Waals surface area contributed by atoms with E-state index in [1.165, 1.54) is 0 Å². The van der Waals surface area contributed by atoms with Gasteiger partial charge in [-0.2, -0.15) is 0 Å². The lowest BCUT2D eigenvalue weighted by Crippen LogP contribution is -2.07. The second-order valence-corrected chi connectivity index (χ2v) is 5.39. The normalized spacial score (nSPS) is 11.5. The molecule has 2 aromatic carbocycles. The Bertz CT molecular complexity index is 659. The Hall–Kier alpha value is -1.82. The number of rotatable bonds is 2. The SMILES string of the molecule is O=S(=O)(c1ccc(F)cc1)c1c(F)cccc1F. The van der Waals surface area contributed by atoms with Crippen molar-refractivity contribution in [2.75, 3.05) is 0 Å². The summed E-state index contributed by atoms with van der Waals surface area (Å²) in [7, 11) is -4.33. The van der Waals surface area contributed by atoms with Crippen LogP contribution in [-0.4, -0.2) is 8.42 Å². The van der Waals surface area contributed by atoms with Gasteiger partial charge in [-0.15, -0.1) is 0 Å². The van der Waals surface area contributed by atoms with Gasteiger partial charge in [0, 0.05) is 0 Å². The van der Waals surface area contributed by atoms with Gasteiger partial charge in [0.15, 0.2) is 0 Å². The summed E-state index contributed by atoms with van der Waals surface area (Å²) in [6, 6.07) is 6.48. The van der Waals surface area contributed by atoms with E-state index in [0.717, 1.165) is 42.5 Å². The lowest BCUT2D eigenvalue weighted by molar-refractivity contribution is 0.519. The van der Waals surface area contributed by atoms with Crippen LogP contribution in [-0.2, 0) is 9.84 Å². The van der Waals surface area contributed by atoms with Crippen molar-refractivity contribution in [2.45, 2.75) is 9.79 Å². The highest BCUT2D eigenvalue weighted by molar-refractivity contribution is 7.91. The molecule has 0 saturated carbocycles. The summed E-state index contributed by atoms with van der Waals surface area (Å²) in [4.78, 5) is -1.40. The fraction of sp³-hybridized carbons (Fsp3) is 0. The first kappa shape index (κ1) is 12.6. The van der Waals surface area contributed by atoms with Crippen molar-refractivity contribution < 1.29 is 21.6 Å². The first-order valence-electron chi connectivity index (χ1n) is 4.87. The quantitative estimate of drug-likeness (QED) is 0.788. The summed E-state index contributed by atoms with van der Waals surface area (Å²) in [5, 5.41) is 0. The van der Waals surface area contributed by atoms with Crippen LogP contribution in [0.2, 0.25) is 0 Å². The van der Waals surface area contributed by atoms with E-state index in [4.69, 9.17) is 0 Å². The molecule has 0 radical (unpaired) electrons. The molecule has 0 atom stereocenters. The van der Waals surface area contributed by atoms with Crippen LogP contribution in [0, 0.1) is 17.5 Å². The summed E-state index contributed by atoms with van der Waals surface area (Å²) in [5.74, 6) is -3.00. The van der Waals surface area contributed by atoms with Gasteiger partial charge in [0.05, 0.1) is 4.90 Å². The first-order chi connectivity index (χ1) is 8.43. The Balaban J connectivity index is 2.66. The third kappa shape index (κ3) is 2.11. The molecule has 18 heavy (non-hydrogen) atoms. The molecule has 0 aliphatic heterocycles. The van der Waals surface area contributed by atoms with Gasteiger partial charge < -0.3 is 0 Å². The molecule has 0 unspecified atom stereocenters. The zero-order valence-electron chi connectivity index (χ0n) is 8.90. The van der Waals surface area contributed by atoms with E-state index in [0.29, 0.717) is 0 Å². The maximum atomic E-state index is 13.4. The third-order valence-electron chi connectivity index (χ3n) is 2.31. The predicted molar refractivity (Wildman–Crippen MR) is 58.2 cm³/mol. The van der Waals surface area contributed by atoms with Crippen molar-refractivity contribution in [1.29, 1.82) is 0 Å². The zero-order valence-corrected chi connectivity index (χ0v) is 9.72. The van der Waals surface area contributed by atoms with E-state index in [9.17, 15) is 21.6 Å². The molecule has 0 amide bonds. The Morgan fingerprint density at radius 3 is 1.78 bits per heavy atom. The number of benzene rings is 2. The van der Waals surface area contributed by atoms with Crippen LogP contribution in [0.3, 0.4) is 0 Å². The van der Waals surface area contributed by atoms with E-state index in [1.54, 1.807) is 0 Å². The summed E-state index contributed by atoms with van der Waals surface area (Å²) in [6.45, 7) is 0. The topological polar surface area (TPSA) is 34.1 Å². The van der Waals surface area contributed by atoms with Gasteiger partial charge >= 0.3 is 0 Å². The van der Waals surface area contributed by atoms with Gasteiger partial charge in [0.1, 0.15) is 22.3 Å². The largest absolute Gasteiger partial charge is 0.218 e. The van der Waals surface area contributed by atoms with Crippen LogP contribution in [0.4, 0.5) is 13.2 Å². The van der Waals surface area contributed by atoms with Gasteiger partial charge in [0.2, 0.25) is 9.84 Å². The van der Waals surface area contributed by atoms with Gasteiger partial charge in [-0.25, -0.2) is 21.6 Å². The fourth-order valence-corrected chi connectivity index (χ4v) is 2.85. The van der Waals surface area contributed by atoms with Crippen LogP contribution >= 0.6 is 0 Å². The average molecular weight is 272 g/mol. The lowest BCUT2D eigenvalue weighted by atomic mass is 10.3. The van der Waals surface area contributed by atoms with E-state index in [-0.39, 0.29) is 4.90 Å². The van der Waals surface area contributed by atoms with E-state index in [1.807, 2.05) is 0 Å². The van der Waals surface area contributed by atoms with Crippen LogP contribution in [0.25, 0.3) is 0 Å². The first-order valence-corrected chi connectivity index (χ1v) is 6.36. The molecular formula is C12H7F3O2S. The molecule has 0 aromatic heterocycles. The highest BCUT2D eigenvalue weighted by Gasteiger charge is 2.25. The van der Waals surface area contributed by atoms with Crippen LogP contribution < -0.4 is 0 Å². The molecule has 0 saturated heterocycles. The van der Waals surface area contributed by atoms with Crippen molar-refractivity contribution in [2.24, 2.45) is 0 Å². The molecule has 0 aliphatic rings. The number of hydrogen-bond donors (Lipinski definition) is 0. The Morgan fingerprint density at radius 2 is 1.28 bits per heavy atom. The summed E-state index contributed by atoms with van der Waals surface area (Å²) in [5.41, 5.74) is 0. The van der Waals surface area contributed by atoms with Gasteiger partial charge in [-0.1, -0.05) is 6.07 Å². The lowest BCUT2D eigenvalue weighted by Gasteiger charge is -2.06. The summed E-state index contributed by atoms with van der Waals surface area (Å²) >= 11 is 0. The summed E-state index contributed by atoms with van der Waals surface area (Å²) < 4.78 is 63.5. The van der Waals surface area contributed by atoms with Gasteiger partial charge in [-0.3, -0.25) is 0 Å². The molecule has 2 nitrogen and oxygen atoms in total. The summed E-state index contributed by atoms with van der Waals surface area (Å²) in [6.07, 6.45) is 0. The Labute approximate surface area is 102 Å². The average Bonchev–Trinajstić information content (AvgIpc) is 2.29. The molecule has 6 heteroatoms. The molecule has 94 valence electrons. The molecule has 0 spiro atoms. The van der Waals surface area contributed by atoms with Gasteiger partial charge in [0.25, 0.3) is 0 Å². The molecule has 0 N–H and O–H groups in total. The molecule has 0 heterocycles. The smallest absolute Gasteiger partial charge is 0.212 e. The van der Waals surface area contributed by atoms with Crippen LogP contribution in [0.1, 0.15) is 0 Å². The second-order valence-electron chi connectivity index (χ2n) is 3.51. The second kappa shape index (κ2) is 4.45. The molecule has 2 rings (SSSR count). The molecule has 0 bridgehead atoms. The van der Waals surface area contributed by atoms with Crippen molar-refractivity contribution >= 4 is 9.84 Å². The monoisotopic (exact) mass is 272 g/mol. The van der Waals surface area contributed by atoms with Gasteiger partial charge in [-0.05, 0) is 36.4 Å². The number of sulfone groups is 1. The van der Waals surface area contributed by atoms with Crippen molar-refractivity contribution in [3.8, 4) is 0 Å². The highest BCUT2D eigenvalue weighted by Crippen LogP contribution is 2.25. The third-order valence-corrected chi connectivity index (χ3v) is 4.13.